The van der Waals surface area contributed by atoms with Gasteiger partial charge in [-0.1, -0.05) is 24.9 Å². The van der Waals surface area contributed by atoms with Crippen LogP contribution >= 0.6 is 11.6 Å². The van der Waals surface area contributed by atoms with Crippen LogP contribution in [-0.2, 0) is 10.2 Å². The van der Waals surface area contributed by atoms with Gasteiger partial charge in [-0.2, -0.15) is 12.7 Å². The average molecular weight is 292 g/mol. The fourth-order valence-corrected chi connectivity index (χ4v) is 2.56. The third-order valence-electron chi connectivity index (χ3n) is 2.53. The zero-order valence-corrected chi connectivity index (χ0v) is 12.3. The predicted molar refractivity (Wildman–Crippen MR) is 74.1 cm³/mol. The second-order valence-electron chi connectivity index (χ2n) is 4.05. The highest BCUT2D eigenvalue weighted by Crippen LogP contribution is 2.17. The van der Waals surface area contributed by atoms with Crippen molar-refractivity contribution in [3.8, 4) is 0 Å². The summed E-state index contributed by atoms with van der Waals surface area (Å²) < 4.78 is 27.8. The Morgan fingerprint density at radius 3 is 2.67 bits per heavy atom. The lowest BCUT2D eigenvalue weighted by Gasteiger charge is -2.18. The maximum absolute atomic E-state index is 12.0. The minimum Gasteiger partial charge on any atom is -0.269 e. The number of halogens is 1. The van der Waals surface area contributed by atoms with Gasteiger partial charge in [0.15, 0.2) is 0 Å². The largest absolute Gasteiger partial charge is 0.301 e. The SMILES string of the molecule is CCCCN(C)S(=O)(=O)Nc1ccc(Cl)nc1C. The van der Waals surface area contributed by atoms with Gasteiger partial charge in [-0.3, -0.25) is 4.72 Å². The molecule has 0 bridgehead atoms. The summed E-state index contributed by atoms with van der Waals surface area (Å²) in [6, 6.07) is 3.16. The van der Waals surface area contributed by atoms with E-state index >= 15 is 0 Å². The van der Waals surface area contributed by atoms with Crippen LogP contribution in [0.3, 0.4) is 0 Å². The highest BCUT2D eigenvalue weighted by Gasteiger charge is 2.18. The van der Waals surface area contributed by atoms with Crippen molar-refractivity contribution in [1.82, 2.24) is 9.29 Å². The number of nitrogens with one attached hydrogen (secondary N) is 1. The van der Waals surface area contributed by atoms with E-state index in [1.807, 2.05) is 6.92 Å². The Balaban J connectivity index is 2.82. The molecule has 1 N–H and O–H groups in total. The molecule has 18 heavy (non-hydrogen) atoms. The van der Waals surface area contributed by atoms with Crippen LogP contribution in [0.1, 0.15) is 25.5 Å². The van der Waals surface area contributed by atoms with Crippen LogP contribution in [0.5, 0.6) is 0 Å². The summed E-state index contributed by atoms with van der Waals surface area (Å²) in [7, 11) is -1.97. The van der Waals surface area contributed by atoms with E-state index in [0.29, 0.717) is 23.1 Å². The van der Waals surface area contributed by atoms with Gasteiger partial charge >= 0.3 is 10.2 Å². The van der Waals surface area contributed by atoms with Gasteiger partial charge in [0.2, 0.25) is 0 Å². The quantitative estimate of drug-likeness (QED) is 0.819. The number of hydrogen-bond donors (Lipinski definition) is 1. The van der Waals surface area contributed by atoms with Gasteiger partial charge in [-0.25, -0.2) is 4.98 Å². The van der Waals surface area contributed by atoms with Crippen molar-refractivity contribution in [3.63, 3.8) is 0 Å². The molecule has 0 aromatic carbocycles. The molecule has 1 aromatic rings. The van der Waals surface area contributed by atoms with Gasteiger partial charge in [-0.15, -0.1) is 0 Å². The number of pyridine rings is 1. The van der Waals surface area contributed by atoms with E-state index in [4.69, 9.17) is 11.6 Å². The van der Waals surface area contributed by atoms with Gasteiger partial charge in [0.1, 0.15) is 5.15 Å². The van der Waals surface area contributed by atoms with Crippen LogP contribution in [0.25, 0.3) is 0 Å². The van der Waals surface area contributed by atoms with Gasteiger partial charge in [0, 0.05) is 13.6 Å². The summed E-state index contributed by atoms with van der Waals surface area (Å²) >= 11 is 5.72. The minimum absolute atomic E-state index is 0.342. The second-order valence-corrected chi connectivity index (χ2v) is 6.21. The van der Waals surface area contributed by atoms with Crippen molar-refractivity contribution in [1.29, 1.82) is 0 Å². The molecule has 0 saturated heterocycles. The predicted octanol–water partition coefficient (Wildman–Crippen LogP) is 2.43. The lowest BCUT2D eigenvalue weighted by Crippen LogP contribution is -2.33. The molecule has 5 nitrogen and oxygen atoms in total. The lowest BCUT2D eigenvalue weighted by molar-refractivity contribution is 0.463. The molecule has 0 saturated carbocycles. The molecule has 0 aliphatic rings. The number of hydrogen-bond acceptors (Lipinski definition) is 3. The van der Waals surface area contributed by atoms with E-state index in [0.717, 1.165) is 12.8 Å². The number of anilines is 1. The van der Waals surface area contributed by atoms with Crippen LogP contribution in [0, 0.1) is 6.92 Å². The summed E-state index contributed by atoms with van der Waals surface area (Å²) in [6.45, 7) is 4.21. The molecular formula is C11H18ClN3O2S. The Morgan fingerprint density at radius 2 is 2.11 bits per heavy atom. The molecule has 102 valence electrons. The van der Waals surface area contributed by atoms with Gasteiger partial charge < -0.3 is 0 Å². The van der Waals surface area contributed by atoms with E-state index in [9.17, 15) is 8.42 Å². The topological polar surface area (TPSA) is 62.3 Å². The number of nitrogens with zero attached hydrogens (tertiary/aromatic N) is 2. The molecule has 0 aliphatic heterocycles. The molecule has 0 atom stereocenters. The fourth-order valence-electron chi connectivity index (χ4n) is 1.36. The molecule has 0 radical (unpaired) electrons. The van der Waals surface area contributed by atoms with Crippen LogP contribution in [0.2, 0.25) is 5.15 Å². The third kappa shape index (κ3) is 4.12. The highest BCUT2D eigenvalue weighted by molar-refractivity contribution is 7.90. The van der Waals surface area contributed by atoms with Crippen molar-refractivity contribution in [2.45, 2.75) is 26.7 Å². The Bertz CT molecular complexity index is 505. The molecule has 0 aliphatic carbocycles. The zero-order valence-electron chi connectivity index (χ0n) is 10.8. The highest BCUT2D eigenvalue weighted by atomic mass is 35.5. The van der Waals surface area contributed by atoms with Crippen LogP contribution in [0.4, 0.5) is 5.69 Å². The number of unbranched alkanes of at least 4 members (excludes halogenated alkanes) is 1. The summed E-state index contributed by atoms with van der Waals surface area (Å²) in [5, 5.41) is 0.342. The summed E-state index contributed by atoms with van der Waals surface area (Å²) in [6.07, 6.45) is 1.77. The maximum atomic E-state index is 12.0. The Hall–Kier alpha value is -0.850. The molecule has 1 aromatic heterocycles. The Morgan fingerprint density at radius 1 is 1.44 bits per heavy atom. The first-order valence-corrected chi connectivity index (χ1v) is 7.56. The molecular weight excluding hydrogens is 274 g/mol. The van der Waals surface area contributed by atoms with E-state index < -0.39 is 10.2 Å². The normalized spacial score (nSPS) is 11.8. The Labute approximate surface area is 113 Å². The molecule has 0 unspecified atom stereocenters. The van der Waals surface area contributed by atoms with Gasteiger partial charge in [0.05, 0.1) is 11.4 Å². The summed E-state index contributed by atoms with van der Waals surface area (Å²) in [5.41, 5.74) is 0.998. The monoisotopic (exact) mass is 291 g/mol. The van der Waals surface area contributed by atoms with Crippen LogP contribution in [-0.4, -0.2) is 31.3 Å². The molecule has 1 heterocycles. The zero-order chi connectivity index (χ0) is 13.8. The number of aryl methyl sites for hydroxylation is 1. The van der Waals surface area contributed by atoms with Gasteiger partial charge in [-0.05, 0) is 25.5 Å². The van der Waals surface area contributed by atoms with Gasteiger partial charge in [0.25, 0.3) is 0 Å². The van der Waals surface area contributed by atoms with E-state index in [1.54, 1.807) is 26.1 Å². The summed E-state index contributed by atoms with van der Waals surface area (Å²) in [4.78, 5) is 4.00. The number of rotatable bonds is 6. The molecule has 1 rings (SSSR count). The standard InChI is InChI=1S/C11H18ClN3O2S/c1-4-5-8-15(3)18(16,17)14-10-6-7-11(12)13-9(10)2/h6-7,14H,4-5,8H2,1-3H3. The minimum atomic E-state index is -3.52. The first kappa shape index (κ1) is 15.2. The summed E-state index contributed by atoms with van der Waals surface area (Å²) in [5.74, 6) is 0. The molecule has 7 heteroatoms. The van der Waals surface area contributed by atoms with Crippen molar-refractivity contribution >= 4 is 27.5 Å². The number of aromatic nitrogens is 1. The van der Waals surface area contributed by atoms with Crippen molar-refractivity contribution in [2.24, 2.45) is 0 Å². The maximum Gasteiger partial charge on any atom is 0.301 e. The molecule has 0 amide bonds. The van der Waals surface area contributed by atoms with Crippen LogP contribution < -0.4 is 4.72 Å². The van der Waals surface area contributed by atoms with E-state index in [-0.39, 0.29) is 0 Å². The van der Waals surface area contributed by atoms with Crippen molar-refractivity contribution < 1.29 is 8.42 Å². The van der Waals surface area contributed by atoms with E-state index in [2.05, 4.69) is 9.71 Å². The molecule has 0 spiro atoms. The van der Waals surface area contributed by atoms with E-state index in [1.165, 1.54) is 4.31 Å². The fraction of sp³-hybridized carbons (Fsp3) is 0.545. The molecule has 0 fully saturated rings. The third-order valence-corrected chi connectivity index (χ3v) is 4.22. The average Bonchev–Trinajstić information content (AvgIpc) is 2.29. The smallest absolute Gasteiger partial charge is 0.269 e. The van der Waals surface area contributed by atoms with Crippen LogP contribution in [0.15, 0.2) is 12.1 Å². The lowest BCUT2D eigenvalue weighted by atomic mass is 10.3. The first-order valence-electron chi connectivity index (χ1n) is 5.74. The first-order chi connectivity index (χ1) is 8.36. The second kappa shape index (κ2) is 6.36. The van der Waals surface area contributed by atoms with Crippen molar-refractivity contribution in [3.05, 3.63) is 23.0 Å². The Kier molecular flexibility index (Phi) is 5.37. The van der Waals surface area contributed by atoms with Crippen molar-refractivity contribution in [2.75, 3.05) is 18.3 Å².